The topological polar surface area (TPSA) is 110 Å². The van der Waals surface area contributed by atoms with E-state index in [0.717, 1.165) is 24.6 Å². The van der Waals surface area contributed by atoms with Crippen molar-refractivity contribution in [2.75, 3.05) is 28.6 Å². The van der Waals surface area contributed by atoms with Crippen LogP contribution in [0, 0.1) is 5.82 Å². The monoisotopic (exact) mass is 494 g/mol. The minimum Gasteiger partial charge on any atom is -0.496 e. The largest absolute Gasteiger partial charge is 0.496 e. The Kier molecular flexibility index (Phi) is 6.36. The van der Waals surface area contributed by atoms with Crippen molar-refractivity contribution < 1.29 is 30.8 Å². The predicted molar refractivity (Wildman–Crippen MR) is 107 cm³/mol. The van der Waals surface area contributed by atoms with Crippen molar-refractivity contribution in [3.63, 3.8) is 0 Å². The van der Waals surface area contributed by atoms with Crippen molar-refractivity contribution in [2.24, 2.45) is 0 Å². The summed E-state index contributed by atoms with van der Waals surface area (Å²) in [6, 6.07) is 7.30. The third-order valence-electron chi connectivity index (χ3n) is 3.41. The Hall–Kier alpha value is -2.18. The molecule has 2 aromatic rings. The summed E-state index contributed by atoms with van der Waals surface area (Å²) in [5.41, 5.74) is 0.0248. The van der Waals surface area contributed by atoms with Gasteiger partial charge in [-0.15, -0.1) is 0 Å². The number of carbonyl (C=O) groups excluding carboxylic acids is 1. The lowest BCUT2D eigenvalue weighted by molar-refractivity contribution is 0.102. The molecule has 0 heterocycles. The Morgan fingerprint density at radius 3 is 2.18 bits per heavy atom. The van der Waals surface area contributed by atoms with Gasteiger partial charge >= 0.3 is 0 Å². The van der Waals surface area contributed by atoms with Crippen LogP contribution in [0.25, 0.3) is 0 Å². The number of halogens is 2. The third kappa shape index (κ3) is 5.00. The summed E-state index contributed by atoms with van der Waals surface area (Å²) in [6.45, 7) is 0. The van der Waals surface area contributed by atoms with Gasteiger partial charge in [0.1, 0.15) is 11.6 Å². The fourth-order valence-corrected chi connectivity index (χ4v) is 6.18. The van der Waals surface area contributed by atoms with Gasteiger partial charge in [0.2, 0.25) is 20.0 Å². The van der Waals surface area contributed by atoms with Gasteiger partial charge in [0.05, 0.1) is 30.9 Å². The van der Waals surface area contributed by atoms with E-state index in [1.165, 1.54) is 31.4 Å². The molecule has 152 valence electrons. The van der Waals surface area contributed by atoms with Gasteiger partial charge in [-0.05, 0) is 52.3 Å². The molecule has 0 unspecified atom stereocenters. The van der Waals surface area contributed by atoms with E-state index in [1.807, 2.05) is 0 Å². The number of hydrogen-bond acceptors (Lipinski definition) is 6. The number of rotatable bonds is 6. The fourth-order valence-electron chi connectivity index (χ4n) is 2.39. The fraction of sp³-hybridized carbons (Fsp3) is 0.188. The zero-order chi connectivity index (χ0) is 21.3. The molecule has 0 aromatic heterocycles. The maximum Gasteiger partial charge on any atom is 0.259 e. The standard InChI is InChI=1S/C16H16BrFN2O6S2/c1-26-15-7-4-10(18)8-12(15)16(21)19-11-5-6-14(13(17)9-11)20(27(2,22)23)28(3,24)25/h4-9H,1-3H3,(H,19,21). The molecule has 1 N–H and O–H groups in total. The minimum absolute atomic E-state index is 0.0448. The molecule has 0 aliphatic rings. The zero-order valence-electron chi connectivity index (χ0n) is 14.9. The highest BCUT2D eigenvalue weighted by Gasteiger charge is 2.29. The summed E-state index contributed by atoms with van der Waals surface area (Å²) >= 11 is 3.11. The van der Waals surface area contributed by atoms with Crippen molar-refractivity contribution >= 4 is 53.3 Å². The first-order valence-corrected chi connectivity index (χ1v) is 12.0. The Labute approximate surface area is 170 Å². The average molecular weight is 495 g/mol. The van der Waals surface area contributed by atoms with Gasteiger partial charge in [0.15, 0.2) is 0 Å². The van der Waals surface area contributed by atoms with Crippen LogP contribution in [-0.4, -0.2) is 42.4 Å². The molecule has 0 bridgehead atoms. The first-order valence-electron chi connectivity index (χ1n) is 7.49. The zero-order valence-corrected chi connectivity index (χ0v) is 18.2. The smallest absolute Gasteiger partial charge is 0.259 e. The van der Waals surface area contributed by atoms with E-state index in [9.17, 15) is 26.0 Å². The maximum atomic E-state index is 13.4. The lowest BCUT2D eigenvalue weighted by Crippen LogP contribution is -2.35. The number of methoxy groups -OCH3 is 1. The molecule has 28 heavy (non-hydrogen) atoms. The van der Waals surface area contributed by atoms with Gasteiger partial charge in [0, 0.05) is 10.2 Å². The van der Waals surface area contributed by atoms with E-state index in [4.69, 9.17) is 4.74 Å². The van der Waals surface area contributed by atoms with Gasteiger partial charge < -0.3 is 10.1 Å². The average Bonchev–Trinajstić information content (AvgIpc) is 2.54. The minimum atomic E-state index is -4.12. The van der Waals surface area contributed by atoms with Crippen LogP contribution in [0.4, 0.5) is 15.8 Å². The van der Waals surface area contributed by atoms with Crippen LogP contribution in [0.1, 0.15) is 10.4 Å². The van der Waals surface area contributed by atoms with E-state index in [1.54, 1.807) is 0 Å². The van der Waals surface area contributed by atoms with Crippen LogP contribution in [0.15, 0.2) is 40.9 Å². The molecule has 1 amide bonds. The Morgan fingerprint density at radius 2 is 1.68 bits per heavy atom. The molecule has 0 aliphatic heterocycles. The second-order valence-electron chi connectivity index (χ2n) is 5.69. The molecule has 0 saturated carbocycles. The second kappa shape index (κ2) is 8.05. The van der Waals surface area contributed by atoms with Crippen LogP contribution in [-0.2, 0) is 20.0 Å². The lowest BCUT2D eigenvalue weighted by Gasteiger charge is -2.21. The van der Waals surface area contributed by atoms with Crippen molar-refractivity contribution in [1.29, 1.82) is 0 Å². The molecular weight excluding hydrogens is 479 g/mol. The summed E-state index contributed by atoms with van der Waals surface area (Å²) in [5.74, 6) is -1.13. The third-order valence-corrected chi connectivity index (χ3v) is 7.27. The predicted octanol–water partition coefficient (Wildman–Crippen LogP) is 2.57. The molecule has 2 rings (SSSR count). The molecule has 0 radical (unpaired) electrons. The van der Waals surface area contributed by atoms with E-state index in [0.29, 0.717) is 0 Å². The van der Waals surface area contributed by atoms with Gasteiger partial charge in [-0.3, -0.25) is 4.79 Å². The van der Waals surface area contributed by atoms with Crippen molar-refractivity contribution in [3.8, 4) is 5.75 Å². The van der Waals surface area contributed by atoms with Crippen LogP contribution in [0.3, 0.4) is 0 Å². The van der Waals surface area contributed by atoms with Gasteiger partial charge in [-0.2, -0.15) is 3.71 Å². The normalized spacial score (nSPS) is 11.8. The van der Waals surface area contributed by atoms with E-state index < -0.39 is 31.8 Å². The maximum absolute atomic E-state index is 13.4. The number of anilines is 2. The number of nitrogens with zero attached hydrogens (tertiary/aromatic N) is 1. The molecular formula is C16H16BrFN2O6S2. The van der Waals surface area contributed by atoms with Gasteiger partial charge in [-0.1, -0.05) is 0 Å². The summed E-state index contributed by atoms with van der Waals surface area (Å²) < 4.78 is 66.4. The quantitative estimate of drug-likeness (QED) is 0.660. The number of carbonyl (C=O) groups is 1. The Balaban J connectivity index is 2.40. The highest BCUT2D eigenvalue weighted by molar-refractivity contribution is 9.10. The highest BCUT2D eigenvalue weighted by Crippen LogP contribution is 2.33. The Bertz CT molecular complexity index is 1100. The van der Waals surface area contributed by atoms with Crippen molar-refractivity contribution in [3.05, 3.63) is 52.3 Å². The number of hydrogen-bond donors (Lipinski definition) is 1. The molecule has 2 aromatic carbocycles. The number of benzene rings is 2. The van der Waals surface area contributed by atoms with Gasteiger partial charge in [0.25, 0.3) is 5.91 Å². The first-order chi connectivity index (χ1) is 12.8. The summed E-state index contributed by atoms with van der Waals surface area (Å²) in [7, 11) is -6.91. The number of amides is 1. The number of ether oxygens (including phenoxy) is 1. The molecule has 0 fully saturated rings. The SMILES string of the molecule is COc1ccc(F)cc1C(=O)Nc1ccc(N(S(C)(=O)=O)S(C)(=O)=O)c(Br)c1. The molecule has 0 spiro atoms. The van der Waals surface area contributed by atoms with E-state index in [2.05, 4.69) is 21.2 Å². The number of sulfonamides is 2. The molecule has 8 nitrogen and oxygen atoms in total. The van der Waals surface area contributed by atoms with Crippen molar-refractivity contribution in [1.82, 2.24) is 0 Å². The van der Waals surface area contributed by atoms with Crippen LogP contribution in [0.2, 0.25) is 0 Å². The molecule has 0 saturated heterocycles. The lowest BCUT2D eigenvalue weighted by atomic mass is 10.1. The van der Waals surface area contributed by atoms with Crippen LogP contribution in [0.5, 0.6) is 5.75 Å². The number of nitrogens with one attached hydrogen (secondary N) is 1. The van der Waals surface area contributed by atoms with E-state index >= 15 is 0 Å². The first kappa shape index (κ1) is 22.1. The second-order valence-corrected chi connectivity index (χ2v) is 10.4. The van der Waals surface area contributed by atoms with Crippen LogP contribution >= 0.6 is 15.9 Å². The van der Waals surface area contributed by atoms with E-state index in [-0.39, 0.29) is 30.9 Å². The molecule has 0 atom stereocenters. The summed E-state index contributed by atoms with van der Waals surface area (Å²) in [5, 5.41) is 2.51. The molecule has 12 heteroatoms. The summed E-state index contributed by atoms with van der Waals surface area (Å²) in [4.78, 5) is 12.4. The molecule has 0 aliphatic carbocycles. The van der Waals surface area contributed by atoms with Crippen LogP contribution < -0.4 is 13.8 Å². The Morgan fingerprint density at radius 1 is 1.07 bits per heavy atom. The van der Waals surface area contributed by atoms with Crippen molar-refractivity contribution in [2.45, 2.75) is 0 Å². The highest BCUT2D eigenvalue weighted by atomic mass is 79.9. The summed E-state index contributed by atoms with van der Waals surface area (Å²) in [6.07, 6.45) is 1.51. The van der Waals surface area contributed by atoms with Gasteiger partial charge in [-0.25, -0.2) is 21.2 Å².